The van der Waals surface area contributed by atoms with Crippen LogP contribution in [0.1, 0.15) is 43.7 Å². The minimum atomic E-state index is -3.86. The van der Waals surface area contributed by atoms with E-state index in [1.54, 1.807) is 49.4 Å². The first-order valence-corrected chi connectivity index (χ1v) is 16.4. The van der Waals surface area contributed by atoms with Crippen LogP contribution < -0.4 is 14.4 Å². The number of nitrogens with one attached hydrogen (secondary N) is 1. The molecule has 1 N–H and O–H groups in total. The summed E-state index contributed by atoms with van der Waals surface area (Å²) in [5.74, 6) is -0.297. The fourth-order valence-electron chi connectivity index (χ4n) is 4.87. The van der Waals surface area contributed by atoms with Crippen LogP contribution in [0.5, 0.6) is 5.75 Å². The monoisotopic (exact) mass is 631 g/mol. The molecular weight excluding hydrogens is 597 g/mol. The Kier molecular flexibility index (Phi) is 10.8. The van der Waals surface area contributed by atoms with Crippen molar-refractivity contribution in [3.8, 4) is 5.75 Å². The minimum Gasteiger partial charge on any atom is -0.489 e. The van der Waals surface area contributed by atoms with Crippen LogP contribution in [0.4, 0.5) is 5.69 Å². The molecule has 1 aliphatic rings. The molecular formula is C31H35Cl2N3O5S. The largest absolute Gasteiger partial charge is 0.489 e. The number of amides is 2. The van der Waals surface area contributed by atoms with Crippen LogP contribution in [0, 0.1) is 0 Å². The number of nitrogens with zero attached hydrogens (tertiary/aromatic N) is 2. The maximum Gasteiger partial charge on any atom is 0.244 e. The first-order valence-electron chi connectivity index (χ1n) is 13.8. The predicted octanol–water partition coefficient (Wildman–Crippen LogP) is 5.81. The lowest BCUT2D eigenvalue weighted by Crippen LogP contribution is -2.52. The zero-order chi connectivity index (χ0) is 30.3. The number of anilines is 1. The van der Waals surface area contributed by atoms with Crippen molar-refractivity contribution in [3.05, 3.63) is 94.0 Å². The van der Waals surface area contributed by atoms with Crippen molar-refractivity contribution in [2.24, 2.45) is 0 Å². The van der Waals surface area contributed by atoms with E-state index in [0.29, 0.717) is 33.7 Å². The molecule has 1 atom stereocenters. The Hall–Kier alpha value is -3.27. The zero-order valence-corrected chi connectivity index (χ0v) is 26.0. The molecule has 3 aromatic rings. The highest BCUT2D eigenvalue weighted by Crippen LogP contribution is 2.26. The molecule has 0 radical (unpaired) electrons. The van der Waals surface area contributed by atoms with E-state index in [4.69, 9.17) is 27.9 Å². The van der Waals surface area contributed by atoms with Gasteiger partial charge in [-0.3, -0.25) is 13.9 Å². The zero-order valence-electron chi connectivity index (χ0n) is 23.6. The maximum atomic E-state index is 13.8. The van der Waals surface area contributed by atoms with E-state index in [-0.39, 0.29) is 18.5 Å². The van der Waals surface area contributed by atoms with E-state index in [1.807, 2.05) is 30.3 Å². The lowest BCUT2D eigenvalue weighted by molar-refractivity contribution is -0.139. The van der Waals surface area contributed by atoms with Crippen molar-refractivity contribution in [2.45, 2.75) is 57.8 Å². The number of hydrogen-bond donors (Lipinski definition) is 1. The fourth-order valence-corrected chi connectivity index (χ4v) is 6.19. The van der Waals surface area contributed by atoms with E-state index in [0.717, 1.165) is 41.8 Å². The second-order valence-corrected chi connectivity index (χ2v) is 13.2. The van der Waals surface area contributed by atoms with Gasteiger partial charge in [-0.15, -0.1) is 0 Å². The molecule has 0 aliphatic heterocycles. The SMILES string of the molecule is CC(C(=O)NC1CCCC1)N(Cc1ccc(Cl)cc1Cl)C(=O)CN(c1ccc(OCc2ccccc2)cc1)S(C)(=O)=O. The lowest BCUT2D eigenvalue weighted by Gasteiger charge is -2.32. The third kappa shape index (κ3) is 8.63. The molecule has 3 aromatic carbocycles. The summed E-state index contributed by atoms with van der Waals surface area (Å²) in [5.41, 5.74) is 1.88. The predicted molar refractivity (Wildman–Crippen MR) is 166 cm³/mol. The van der Waals surface area contributed by atoms with Crippen molar-refractivity contribution in [1.82, 2.24) is 10.2 Å². The summed E-state index contributed by atoms with van der Waals surface area (Å²) >= 11 is 12.5. The van der Waals surface area contributed by atoms with Crippen LogP contribution in [0.3, 0.4) is 0 Å². The summed E-state index contributed by atoms with van der Waals surface area (Å²) in [7, 11) is -3.86. The van der Waals surface area contributed by atoms with Gasteiger partial charge in [0.1, 0.15) is 24.9 Å². The van der Waals surface area contributed by atoms with Crippen LogP contribution in [0.15, 0.2) is 72.8 Å². The molecule has 1 unspecified atom stereocenters. The van der Waals surface area contributed by atoms with E-state index in [2.05, 4.69) is 5.32 Å². The normalized spacial score (nSPS) is 14.3. The van der Waals surface area contributed by atoms with Gasteiger partial charge in [0.2, 0.25) is 21.8 Å². The number of halogens is 2. The summed E-state index contributed by atoms with van der Waals surface area (Å²) in [6.07, 6.45) is 4.91. The molecule has 1 fully saturated rings. The highest BCUT2D eigenvalue weighted by molar-refractivity contribution is 7.92. The van der Waals surface area contributed by atoms with Crippen molar-refractivity contribution < 1.29 is 22.7 Å². The van der Waals surface area contributed by atoms with Crippen molar-refractivity contribution >= 4 is 50.7 Å². The van der Waals surface area contributed by atoms with Gasteiger partial charge in [-0.1, -0.05) is 72.4 Å². The molecule has 0 saturated heterocycles. The quantitative estimate of drug-likeness (QED) is 0.272. The first-order chi connectivity index (χ1) is 20.0. The van der Waals surface area contributed by atoms with Crippen LogP contribution in [0.25, 0.3) is 0 Å². The van der Waals surface area contributed by atoms with Gasteiger partial charge in [-0.2, -0.15) is 0 Å². The van der Waals surface area contributed by atoms with E-state index in [9.17, 15) is 18.0 Å². The number of sulfonamides is 1. The standard InChI is InChI=1S/C31H35Cl2N3O5S/c1-22(31(38)34-26-10-6-7-11-26)35(19-24-12-13-25(32)18-29(24)33)30(37)20-36(42(2,39)40)27-14-16-28(17-15-27)41-21-23-8-4-3-5-9-23/h3-5,8-9,12-18,22,26H,6-7,10-11,19-21H2,1-2H3,(H,34,38). The van der Waals surface area contributed by atoms with Crippen LogP contribution in [-0.4, -0.2) is 50.0 Å². The van der Waals surface area contributed by atoms with Crippen molar-refractivity contribution in [2.75, 3.05) is 17.1 Å². The van der Waals surface area contributed by atoms with E-state index in [1.165, 1.54) is 4.90 Å². The molecule has 1 aliphatic carbocycles. The van der Waals surface area contributed by atoms with E-state index < -0.39 is 28.5 Å². The Balaban J connectivity index is 1.54. The molecule has 8 nitrogen and oxygen atoms in total. The molecule has 0 heterocycles. The molecule has 2 amide bonds. The summed E-state index contributed by atoms with van der Waals surface area (Å²) in [4.78, 5) is 28.4. The molecule has 0 aromatic heterocycles. The summed E-state index contributed by atoms with van der Waals surface area (Å²) < 4.78 is 32.6. The Morgan fingerprint density at radius 2 is 1.67 bits per heavy atom. The average molecular weight is 633 g/mol. The van der Waals surface area contributed by atoms with Gasteiger partial charge >= 0.3 is 0 Å². The molecule has 0 bridgehead atoms. The van der Waals surface area contributed by atoms with Crippen LogP contribution in [0.2, 0.25) is 10.0 Å². The highest BCUT2D eigenvalue weighted by Gasteiger charge is 2.31. The van der Waals surface area contributed by atoms with Crippen molar-refractivity contribution in [3.63, 3.8) is 0 Å². The Labute approximate surface area is 257 Å². The second kappa shape index (κ2) is 14.3. The fraction of sp³-hybridized carbons (Fsp3) is 0.355. The average Bonchev–Trinajstić information content (AvgIpc) is 3.47. The summed E-state index contributed by atoms with van der Waals surface area (Å²) in [5, 5.41) is 3.82. The number of carbonyl (C=O) groups is 2. The van der Waals surface area contributed by atoms with Crippen LogP contribution in [-0.2, 0) is 32.8 Å². The summed E-state index contributed by atoms with van der Waals surface area (Å²) in [6, 6.07) is 20.2. The van der Waals surface area contributed by atoms with Gasteiger partial charge in [0.15, 0.2) is 0 Å². The first kappa shape index (κ1) is 31.7. The van der Waals surface area contributed by atoms with Gasteiger partial charge in [-0.05, 0) is 67.3 Å². The smallest absolute Gasteiger partial charge is 0.244 e. The Morgan fingerprint density at radius 3 is 2.29 bits per heavy atom. The summed E-state index contributed by atoms with van der Waals surface area (Å²) in [6.45, 7) is 1.49. The lowest BCUT2D eigenvalue weighted by atomic mass is 10.1. The number of carbonyl (C=O) groups excluding carboxylic acids is 2. The topological polar surface area (TPSA) is 96.0 Å². The second-order valence-electron chi connectivity index (χ2n) is 10.5. The number of rotatable bonds is 12. The minimum absolute atomic E-state index is 0.00203. The maximum absolute atomic E-state index is 13.8. The molecule has 4 rings (SSSR count). The van der Waals surface area contributed by atoms with E-state index >= 15 is 0 Å². The van der Waals surface area contributed by atoms with Gasteiger partial charge < -0.3 is 15.0 Å². The number of hydrogen-bond acceptors (Lipinski definition) is 5. The van der Waals surface area contributed by atoms with Crippen molar-refractivity contribution in [1.29, 1.82) is 0 Å². The van der Waals surface area contributed by atoms with Gasteiger partial charge in [-0.25, -0.2) is 8.42 Å². The molecule has 11 heteroatoms. The van der Waals surface area contributed by atoms with Gasteiger partial charge in [0, 0.05) is 22.6 Å². The van der Waals surface area contributed by atoms with Gasteiger partial charge in [0.05, 0.1) is 11.9 Å². The third-order valence-electron chi connectivity index (χ3n) is 7.28. The molecule has 1 saturated carbocycles. The number of ether oxygens (including phenoxy) is 1. The van der Waals surface area contributed by atoms with Crippen LogP contribution >= 0.6 is 23.2 Å². The third-order valence-corrected chi connectivity index (χ3v) is 9.00. The Morgan fingerprint density at radius 1 is 1.00 bits per heavy atom. The Bertz CT molecular complexity index is 1480. The number of benzene rings is 3. The van der Waals surface area contributed by atoms with Gasteiger partial charge in [0.25, 0.3) is 0 Å². The molecule has 224 valence electrons. The molecule has 42 heavy (non-hydrogen) atoms. The highest BCUT2D eigenvalue weighted by atomic mass is 35.5. The molecule has 0 spiro atoms.